The molecule has 0 saturated carbocycles. The molecule has 3 N–H and O–H groups in total. The molecule has 0 aliphatic rings. The summed E-state index contributed by atoms with van der Waals surface area (Å²) >= 11 is 0. The molecule has 0 saturated heterocycles. The van der Waals surface area contributed by atoms with Gasteiger partial charge in [-0.25, -0.2) is 5.43 Å². The molecule has 26 heavy (non-hydrogen) atoms. The second-order valence-electron chi connectivity index (χ2n) is 5.46. The Hall–Kier alpha value is -3.22. The van der Waals surface area contributed by atoms with E-state index < -0.39 is 6.04 Å². The molecule has 0 aliphatic carbocycles. The van der Waals surface area contributed by atoms with Gasteiger partial charge in [-0.3, -0.25) is 4.79 Å². The van der Waals surface area contributed by atoms with E-state index in [0.717, 1.165) is 11.4 Å². The number of hydrazone groups is 1. The summed E-state index contributed by atoms with van der Waals surface area (Å²) in [5, 5.41) is 16.9. The Labute approximate surface area is 152 Å². The van der Waals surface area contributed by atoms with Crippen LogP contribution in [0, 0.1) is 0 Å². The Balaban J connectivity index is 1.90. The molecular weight excluding hydrogens is 334 g/mol. The Bertz CT molecular complexity index is 760. The van der Waals surface area contributed by atoms with Crippen molar-refractivity contribution in [2.45, 2.75) is 19.9 Å². The van der Waals surface area contributed by atoms with Gasteiger partial charge in [0.2, 0.25) is 0 Å². The maximum Gasteiger partial charge on any atom is 0.262 e. The van der Waals surface area contributed by atoms with Gasteiger partial charge in [-0.05, 0) is 50.2 Å². The largest absolute Gasteiger partial charge is 0.504 e. The van der Waals surface area contributed by atoms with Crippen LogP contribution in [0.3, 0.4) is 0 Å². The van der Waals surface area contributed by atoms with Crippen LogP contribution in [-0.2, 0) is 4.79 Å². The minimum atomic E-state index is -0.496. The van der Waals surface area contributed by atoms with Crippen LogP contribution >= 0.6 is 0 Å². The number of phenolic OH excluding ortho intramolecular Hbond substituents is 1. The third-order valence-corrected chi connectivity index (χ3v) is 3.57. The number of nitrogens with one attached hydrogen (secondary N) is 2. The highest BCUT2D eigenvalue weighted by molar-refractivity contribution is 5.88. The van der Waals surface area contributed by atoms with E-state index in [4.69, 9.17) is 9.47 Å². The number of ether oxygens (including phenoxy) is 2. The number of benzene rings is 2. The fraction of sp³-hybridized carbons (Fsp3) is 0.263. The van der Waals surface area contributed by atoms with Crippen LogP contribution in [0.15, 0.2) is 47.6 Å². The number of methoxy groups -OCH3 is 1. The van der Waals surface area contributed by atoms with Crippen molar-refractivity contribution in [2.75, 3.05) is 19.0 Å². The molecule has 0 aliphatic heterocycles. The lowest BCUT2D eigenvalue weighted by molar-refractivity contribution is -0.121. The van der Waals surface area contributed by atoms with Crippen LogP contribution in [0.5, 0.6) is 17.2 Å². The van der Waals surface area contributed by atoms with Gasteiger partial charge in [-0.1, -0.05) is 6.07 Å². The first-order chi connectivity index (χ1) is 12.5. The van der Waals surface area contributed by atoms with Crippen molar-refractivity contribution < 1.29 is 19.4 Å². The average molecular weight is 357 g/mol. The molecule has 138 valence electrons. The maximum absolute atomic E-state index is 12.1. The summed E-state index contributed by atoms with van der Waals surface area (Å²) < 4.78 is 10.4. The van der Waals surface area contributed by atoms with Crippen molar-refractivity contribution >= 4 is 17.8 Å². The first-order valence-electron chi connectivity index (χ1n) is 8.23. The molecular formula is C19H23N3O4. The summed E-state index contributed by atoms with van der Waals surface area (Å²) in [5.41, 5.74) is 3.68. The lowest BCUT2D eigenvalue weighted by atomic mass is 10.2. The van der Waals surface area contributed by atoms with Crippen molar-refractivity contribution in [1.29, 1.82) is 0 Å². The minimum absolute atomic E-state index is 0.0337. The van der Waals surface area contributed by atoms with Crippen molar-refractivity contribution in [3.8, 4) is 17.2 Å². The van der Waals surface area contributed by atoms with E-state index in [-0.39, 0.29) is 11.7 Å². The number of hydrogen-bond donors (Lipinski definition) is 3. The van der Waals surface area contributed by atoms with Crippen molar-refractivity contribution in [3.63, 3.8) is 0 Å². The van der Waals surface area contributed by atoms with E-state index in [9.17, 15) is 9.90 Å². The first kappa shape index (κ1) is 19.1. The summed E-state index contributed by atoms with van der Waals surface area (Å²) in [6.07, 6.45) is 1.36. The maximum atomic E-state index is 12.1. The van der Waals surface area contributed by atoms with Crippen molar-refractivity contribution in [2.24, 2.45) is 5.10 Å². The Kier molecular flexibility index (Phi) is 6.84. The lowest BCUT2D eigenvalue weighted by Gasteiger charge is -2.14. The van der Waals surface area contributed by atoms with E-state index in [1.807, 2.05) is 31.2 Å². The minimum Gasteiger partial charge on any atom is -0.504 e. The topological polar surface area (TPSA) is 92.2 Å². The number of amides is 1. The molecule has 1 atom stereocenters. The Morgan fingerprint density at radius 3 is 2.65 bits per heavy atom. The van der Waals surface area contributed by atoms with Gasteiger partial charge in [0.15, 0.2) is 11.5 Å². The SMILES string of the molecule is CCOc1ccc(N[C@@H](C)C(=O)NN=Cc2cccc(OC)c2O)cc1. The van der Waals surface area contributed by atoms with Gasteiger partial charge < -0.3 is 19.9 Å². The number of aromatic hydroxyl groups is 1. The third kappa shape index (κ3) is 5.14. The molecule has 2 aromatic carbocycles. The molecule has 0 spiro atoms. The zero-order valence-corrected chi connectivity index (χ0v) is 15.0. The van der Waals surface area contributed by atoms with E-state index in [0.29, 0.717) is 17.9 Å². The second-order valence-corrected chi connectivity index (χ2v) is 5.46. The highest BCUT2D eigenvalue weighted by Gasteiger charge is 2.12. The van der Waals surface area contributed by atoms with Crippen molar-refractivity contribution in [1.82, 2.24) is 5.43 Å². The Morgan fingerprint density at radius 2 is 2.00 bits per heavy atom. The molecule has 2 aromatic rings. The number of para-hydroxylation sites is 1. The van der Waals surface area contributed by atoms with Gasteiger partial charge in [-0.15, -0.1) is 0 Å². The highest BCUT2D eigenvalue weighted by atomic mass is 16.5. The predicted molar refractivity (Wildman–Crippen MR) is 101 cm³/mol. The molecule has 0 unspecified atom stereocenters. The summed E-state index contributed by atoms with van der Waals surface area (Å²) in [6.45, 7) is 4.25. The fourth-order valence-electron chi connectivity index (χ4n) is 2.20. The number of carbonyl (C=O) groups excluding carboxylic acids is 1. The number of carbonyl (C=O) groups is 1. The number of nitrogens with zero attached hydrogens (tertiary/aromatic N) is 1. The summed E-state index contributed by atoms with van der Waals surface area (Å²) in [5.74, 6) is 0.773. The van der Waals surface area contributed by atoms with E-state index in [1.54, 1.807) is 25.1 Å². The zero-order valence-electron chi connectivity index (χ0n) is 15.0. The van der Waals surface area contributed by atoms with E-state index in [1.165, 1.54) is 13.3 Å². The number of anilines is 1. The van der Waals surface area contributed by atoms with E-state index >= 15 is 0 Å². The van der Waals surface area contributed by atoms with Crippen LogP contribution in [0.2, 0.25) is 0 Å². The molecule has 0 heterocycles. The fourth-order valence-corrected chi connectivity index (χ4v) is 2.20. The normalized spacial score (nSPS) is 11.8. The van der Waals surface area contributed by atoms with Crippen LogP contribution in [0.4, 0.5) is 5.69 Å². The van der Waals surface area contributed by atoms with Gasteiger partial charge >= 0.3 is 0 Å². The van der Waals surface area contributed by atoms with Gasteiger partial charge in [0, 0.05) is 11.3 Å². The molecule has 0 fully saturated rings. The van der Waals surface area contributed by atoms with Gasteiger partial charge in [0.25, 0.3) is 5.91 Å². The third-order valence-electron chi connectivity index (χ3n) is 3.57. The van der Waals surface area contributed by atoms with E-state index in [2.05, 4.69) is 15.8 Å². The molecule has 7 heteroatoms. The smallest absolute Gasteiger partial charge is 0.262 e. The van der Waals surface area contributed by atoms with Crippen LogP contribution in [0.25, 0.3) is 0 Å². The second kappa shape index (κ2) is 9.31. The van der Waals surface area contributed by atoms with Gasteiger partial charge in [0.1, 0.15) is 11.8 Å². The monoisotopic (exact) mass is 357 g/mol. The lowest BCUT2D eigenvalue weighted by Crippen LogP contribution is -2.34. The summed E-state index contributed by atoms with van der Waals surface area (Å²) in [6, 6.07) is 11.9. The molecule has 7 nitrogen and oxygen atoms in total. The van der Waals surface area contributed by atoms with Gasteiger partial charge in [-0.2, -0.15) is 5.10 Å². The van der Waals surface area contributed by atoms with Crippen LogP contribution in [-0.4, -0.2) is 37.0 Å². The highest BCUT2D eigenvalue weighted by Crippen LogP contribution is 2.27. The Morgan fingerprint density at radius 1 is 1.27 bits per heavy atom. The summed E-state index contributed by atoms with van der Waals surface area (Å²) in [4.78, 5) is 12.1. The molecule has 0 bridgehead atoms. The number of rotatable bonds is 8. The average Bonchev–Trinajstić information content (AvgIpc) is 2.64. The zero-order chi connectivity index (χ0) is 18.9. The predicted octanol–water partition coefficient (Wildman–Crippen LogP) is 2.75. The standard InChI is InChI=1S/C19H23N3O4/c1-4-26-16-10-8-15(9-11-16)21-13(2)19(24)22-20-12-14-6-5-7-17(25-3)18(14)23/h5-13,21,23H,4H2,1-3H3,(H,22,24)/t13-/m0/s1. The molecule has 1 amide bonds. The summed E-state index contributed by atoms with van der Waals surface area (Å²) in [7, 11) is 1.46. The quantitative estimate of drug-likeness (QED) is 0.499. The van der Waals surface area contributed by atoms with Crippen LogP contribution < -0.4 is 20.2 Å². The molecule has 2 rings (SSSR count). The van der Waals surface area contributed by atoms with Gasteiger partial charge in [0.05, 0.1) is 19.9 Å². The van der Waals surface area contributed by atoms with Crippen LogP contribution in [0.1, 0.15) is 19.4 Å². The number of hydrogen-bond acceptors (Lipinski definition) is 6. The van der Waals surface area contributed by atoms with Crippen molar-refractivity contribution in [3.05, 3.63) is 48.0 Å². The number of phenols is 1. The molecule has 0 aromatic heterocycles. The first-order valence-corrected chi connectivity index (χ1v) is 8.23. The molecule has 0 radical (unpaired) electrons.